The van der Waals surface area contributed by atoms with E-state index >= 15 is 4.57 Å². The van der Waals surface area contributed by atoms with E-state index in [1.807, 2.05) is 66.7 Å². The lowest BCUT2D eigenvalue weighted by atomic mass is 9.75. The molecule has 8 atom stereocenters. The van der Waals surface area contributed by atoms with Gasteiger partial charge in [0.2, 0.25) is 5.85 Å². The second-order valence-electron chi connectivity index (χ2n) is 14.7. The van der Waals surface area contributed by atoms with Gasteiger partial charge in [0.15, 0.2) is 6.61 Å². The van der Waals surface area contributed by atoms with Crippen LogP contribution in [0.5, 0.6) is 5.75 Å². The standard InChI is InChI=1S/C39H52BrO6P/c1-25(2)34-19-11-27(5)21-36(34)45-47(42,46-37-22-28(6)12-20-35(37)26(3)4)39(30-13-16-32(40)17-14-30)44-38(41)24-43-33-18-15-29-9-7-8-10-31(29)23-33/h7-10,13-18,23,25-28,34-37,39H,11-12,19-22,24H2,1-6H3/t27-,28-,34-,35+,36-,37-,39+,47?/m1/s1. The lowest BCUT2D eigenvalue weighted by Crippen LogP contribution is -2.37. The summed E-state index contributed by atoms with van der Waals surface area (Å²) in [5, 5.41) is 2.10. The van der Waals surface area contributed by atoms with Crippen LogP contribution in [-0.2, 0) is 23.1 Å². The number of esters is 1. The van der Waals surface area contributed by atoms with Crippen LogP contribution in [0.3, 0.4) is 0 Å². The fourth-order valence-corrected chi connectivity index (χ4v) is 10.0. The summed E-state index contributed by atoms with van der Waals surface area (Å²) >= 11 is 3.52. The molecule has 0 heterocycles. The van der Waals surface area contributed by atoms with Gasteiger partial charge in [-0.2, -0.15) is 0 Å². The van der Waals surface area contributed by atoms with Crippen LogP contribution < -0.4 is 4.74 Å². The first-order valence-electron chi connectivity index (χ1n) is 17.4. The first-order chi connectivity index (χ1) is 22.4. The molecule has 2 aliphatic rings. The normalized spacial score (nSPS) is 27.0. The molecule has 0 saturated heterocycles. The minimum atomic E-state index is -4.11. The van der Waals surface area contributed by atoms with E-state index in [9.17, 15) is 4.79 Å². The molecule has 2 aliphatic carbocycles. The molecule has 5 rings (SSSR count). The van der Waals surface area contributed by atoms with Crippen LogP contribution in [0.25, 0.3) is 10.8 Å². The average Bonchev–Trinajstić information content (AvgIpc) is 3.02. The maximum absolute atomic E-state index is 15.7. The molecule has 0 aliphatic heterocycles. The monoisotopic (exact) mass is 726 g/mol. The van der Waals surface area contributed by atoms with Gasteiger partial charge in [0.25, 0.3) is 0 Å². The van der Waals surface area contributed by atoms with Crippen molar-refractivity contribution < 1.29 is 27.9 Å². The quantitative estimate of drug-likeness (QED) is 0.137. The molecule has 0 N–H and O–H groups in total. The number of benzene rings is 3. The summed E-state index contributed by atoms with van der Waals surface area (Å²) in [6.45, 7) is 12.9. The van der Waals surface area contributed by atoms with Crippen LogP contribution in [0, 0.1) is 35.5 Å². The summed E-state index contributed by atoms with van der Waals surface area (Å²) in [7, 11) is -4.11. The summed E-state index contributed by atoms with van der Waals surface area (Å²) in [4.78, 5) is 13.6. The van der Waals surface area contributed by atoms with Gasteiger partial charge in [-0.3, -0.25) is 4.57 Å². The topological polar surface area (TPSA) is 71.1 Å². The highest BCUT2D eigenvalue weighted by molar-refractivity contribution is 9.10. The molecule has 47 heavy (non-hydrogen) atoms. The van der Waals surface area contributed by atoms with Crippen molar-refractivity contribution in [2.75, 3.05) is 6.61 Å². The lowest BCUT2D eigenvalue weighted by molar-refractivity contribution is -0.149. The summed E-state index contributed by atoms with van der Waals surface area (Å²) in [6, 6.07) is 21.1. The summed E-state index contributed by atoms with van der Waals surface area (Å²) < 4.78 is 42.3. The maximum atomic E-state index is 15.7. The Hall–Kier alpha value is -2.18. The van der Waals surface area contributed by atoms with Gasteiger partial charge in [-0.15, -0.1) is 0 Å². The molecule has 1 unspecified atom stereocenters. The van der Waals surface area contributed by atoms with E-state index in [0.29, 0.717) is 35.0 Å². The van der Waals surface area contributed by atoms with Gasteiger partial charge in [-0.1, -0.05) is 113 Å². The van der Waals surface area contributed by atoms with Gasteiger partial charge in [0.05, 0.1) is 12.2 Å². The van der Waals surface area contributed by atoms with Crippen molar-refractivity contribution in [1.82, 2.24) is 0 Å². The van der Waals surface area contributed by atoms with Gasteiger partial charge < -0.3 is 18.5 Å². The molecule has 0 radical (unpaired) electrons. The Morgan fingerprint density at radius 3 is 1.89 bits per heavy atom. The number of hydrogen-bond donors (Lipinski definition) is 0. The summed E-state index contributed by atoms with van der Waals surface area (Å²) in [5.41, 5.74) is 0.575. The summed E-state index contributed by atoms with van der Waals surface area (Å²) in [6.07, 6.45) is 5.26. The van der Waals surface area contributed by atoms with Crippen LogP contribution in [-0.4, -0.2) is 24.8 Å². The summed E-state index contributed by atoms with van der Waals surface area (Å²) in [5.74, 6) is 0.719. The molecule has 0 aromatic heterocycles. The molecular weight excluding hydrogens is 675 g/mol. The molecule has 0 spiro atoms. The fourth-order valence-electron chi connectivity index (χ4n) is 7.49. The predicted molar refractivity (Wildman–Crippen MR) is 192 cm³/mol. The van der Waals surface area contributed by atoms with E-state index in [4.69, 9.17) is 18.5 Å². The van der Waals surface area contributed by atoms with Gasteiger partial charge in [-0.25, -0.2) is 4.79 Å². The van der Waals surface area contributed by atoms with E-state index in [-0.39, 0.29) is 30.7 Å². The molecular formula is C39H52BrO6P. The third-order valence-electron chi connectivity index (χ3n) is 10.3. The largest absolute Gasteiger partial charge is 0.482 e. The Morgan fingerprint density at radius 1 is 0.787 bits per heavy atom. The highest BCUT2D eigenvalue weighted by Crippen LogP contribution is 2.66. The van der Waals surface area contributed by atoms with E-state index in [2.05, 4.69) is 57.5 Å². The minimum Gasteiger partial charge on any atom is -0.482 e. The second-order valence-corrected chi connectivity index (χ2v) is 17.6. The van der Waals surface area contributed by atoms with Crippen LogP contribution >= 0.6 is 23.5 Å². The predicted octanol–water partition coefficient (Wildman–Crippen LogP) is 11.4. The maximum Gasteiger partial charge on any atom is 0.376 e. The van der Waals surface area contributed by atoms with E-state index in [1.54, 1.807) is 0 Å². The zero-order valence-corrected chi connectivity index (χ0v) is 31.3. The zero-order chi connectivity index (χ0) is 33.7. The lowest BCUT2D eigenvalue weighted by Gasteiger charge is -2.43. The number of fused-ring (bicyclic) bond motifs is 1. The van der Waals surface area contributed by atoms with Crippen LogP contribution in [0.15, 0.2) is 71.2 Å². The molecule has 6 nitrogen and oxygen atoms in total. The molecule has 2 fully saturated rings. The molecule has 0 bridgehead atoms. The Kier molecular flexibility index (Phi) is 12.3. The third kappa shape index (κ3) is 9.29. The highest BCUT2D eigenvalue weighted by atomic mass is 79.9. The Morgan fingerprint density at radius 2 is 1.34 bits per heavy atom. The average molecular weight is 728 g/mol. The van der Waals surface area contributed by atoms with Crippen molar-refractivity contribution in [3.05, 3.63) is 76.8 Å². The Bertz CT molecular complexity index is 1490. The van der Waals surface area contributed by atoms with E-state index < -0.39 is 19.4 Å². The zero-order valence-electron chi connectivity index (χ0n) is 28.8. The number of carbonyl (C=O) groups is 1. The highest BCUT2D eigenvalue weighted by Gasteiger charge is 2.49. The van der Waals surface area contributed by atoms with E-state index in [0.717, 1.165) is 53.8 Å². The van der Waals surface area contributed by atoms with Gasteiger partial charge in [0, 0.05) is 10.0 Å². The third-order valence-corrected chi connectivity index (χ3v) is 12.9. The van der Waals surface area contributed by atoms with Crippen molar-refractivity contribution in [3.8, 4) is 5.75 Å². The van der Waals surface area contributed by atoms with Gasteiger partial charge in [-0.05, 0) is 96.2 Å². The van der Waals surface area contributed by atoms with Crippen molar-refractivity contribution in [3.63, 3.8) is 0 Å². The smallest absolute Gasteiger partial charge is 0.376 e. The van der Waals surface area contributed by atoms with Crippen molar-refractivity contribution in [2.45, 2.75) is 98.1 Å². The first-order valence-corrected chi connectivity index (χ1v) is 19.9. The second kappa shape index (κ2) is 16.0. The first kappa shape index (κ1) is 36.1. The molecule has 8 heteroatoms. The minimum absolute atomic E-state index is 0.229. The number of hydrogen-bond acceptors (Lipinski definition) is 6. The van der Waals surface area contributed by atoms with Crippen LogP contribution in [0.2, 0.25) is 0 Å². The van der Waals surface area contributed by atoms with Crippen molar-refractivity contribution >= 4 is 40.3 Å². The number of carbonyl (C=O) groups excluding carboxylic acids is 1. The number of ether oxygens (including phenoxy) is 2. The van der Waals surface area contributed by atoms with Crippen molar-refractivity contribution in [2.24, 2.45) is 35.5 Å². The molecule has 3 aromatic carbocycles. The van der Waals surface area contributed by atoms with Gasteiger partial charge in [0.1, 0.15) is 5.75 Å². The molecule has 3 aromatic rings. The van der Waals surface area contributed by atoms with Gasteiger partial charge >= 0.3 is 13.6 Å². The van der Waals surface area contributed by atoms with Crippen LogP contribution in [0.4, 0.5) is 0 Å². The van der Waals surface area contributed by atoms with Crippen molar-refractivity contribution in [1.29, 1.82) is 0 Å². The Balaban J connectivity index is 1.48. The SMILES string of the molecule is CC(C)[C@H]1CC[C@@H](C)C[C@H]1OP(=O)(O[C@@H]1C[C@H](C)CC[C@H]1C(C)C)[C@H](OC(=O)COc1ccc2ccccc2c1)c1ccc(Br)cc1. The number of halogens is 1. The Labute approximate surface area is 289 Å². The van der Waals surface area contributed by atoms with Crippen LogP contribution in [0.1, 0.15) is 91.5 Å². The molecule has 2 saturated carbocycles. The molecule has 256 valence electrons. The fraction of sp³-hybridized carbons (Fsp3) is 0.564. The van der Waals surface area contributed by atoms with E-state index in [1.165, 1.54) is 0 Å². The number of rotatable bonds is 12. The molecule has 0 amide bonds.